The van der Waals surface area contributed by atoms with E-state index in [0.717, 1.165) is 12.0 Å². The largest absolute Gasteiger partial charge is 0.453 e. The van der Waals surface area contributed by atoms with Crippen LogP contribution >= 0.6 is 0 Å². The lowest BCUT2D eigenvalue weighted by molar-refractivity contribution is -0.163. The maximum Gasteiger partial charge on any atom is 0.397 e. The first kappa shape index (κ1) is 15.2. The molecule has 0 aliphatic heterocycles. The Morgan fingerprint density at radius 2 is 1.63 bits per heavy atom. The van der Waals surface area contributed by atoms with Crippen LogP contribution in [0.15, 0.2) is 24.3 Å². The van der Waals surface area contributed by atoms with Crippen LogP contribution in [-0.4, -0.2) is 17.5 Å². The highest BCUT2D eigenvalue weighted by atomic mass is 16.6. The molecule has 4 heteroatoms. The SMILES string of the molecule is CCc1ccc(CNC(=O)C(=O)OC(C)(C)C)cc1. The average Bonchev–Trinajstić information content (AvgIpc) is 2.34. The first-order chi connectivity index (χ1) is 8.81. The molecule has 1 aromatic carbocycles. The summed E-state index contributed by atoms with van der Waals surface area (Å²) in [4.78, 5) is 23.0. The number of nitrogens with one attached hydrogen (secondary N) is 1. The van der Waals surface area contributed by atoms with E-state index in [2.05, 4.69) is 12.2 Å². The van der Waals surface area contributed by atoms with E-state index in [-0.39, 0.29) is 0 Å². The molecule has 1 N–H and O–H groups in total. The highest BCUT2D eigenvalue weighted by molar-refractivity contribution is 6.32. The molecule has 19 heavy (non-hydrogen) atoms. The van der Waals surface area contributed by atoms with Gasteiger partial charge in [0.15, 0.2) is 0 Å². The Hall–Kier alpha value is -1.84. The van der Waals surface area contributed by atoms with Gasteiger partial charge in [-0.1, -0.05) is 31.2 Å². The molecular weight excluding hydrogens is 242 g/mol. The van der Waals surface area contributed by atoms with Crippen LogP contribution < -0.4 is 5.32 Å². The fraction of sp³-hybridized carbons (Fsp3) is 0.467. The minimum absolute atomic E-state index is 0.321. The van der Waals surface area contributed by atoms with Crippen molar-refractivity contribution in [2.75, 3.05) is 0 Å². The summed E-state index contributed by atoms with van der Waals surface area (Å²) in [5, 5.41) is 2.55. The molecule has 0 saturated carbocycles. The van der Waals surface area contributed by atoms with Crippen molar-refractivity contribution in [2.24, 2.45) is 0 Å². The Morgan fingerprint density at radius 3 is 2.11 bits per heavy atom. The van der Waals surface area contributed by atoms with Crippen molar-refractivity contribution in [1.29, 1.82) is 0 Å². The number of rotatable bonds is 3. The maximum absolute atomic E-state index is 11.5. The molecule has 0 spiro atoms. The molecule has 0 fully saturated rings. The minimum atomic E-state index is -0.849. The van der Waals surface area contributed by atoms with E-state index >= 15 is 0 Å². The topological polar surface area (TPSA) is 55.4 Å². The fourth-order valence-corrected chi connectivity index (χ4v) is 1.47. The summed E-state index contributed by atoms with van der Waals surface area (Å²) in [5.41, 5.74) is 1.54. The van der Waals surface area contributed by atoms with E-state index in [0.29, 0.717) is 6.54 Å². The van der Waals surface area contributed by atoms with Gasteiger partial charge < -0.3 is 10.1 Å². The van der Waals surface area contributed by atoms with Gasteiger partial charge in [-0.25, -0.2) is 4.79 Å². The maximum atomic E-state index is 11.5. The summed E-state index contributed by atoms with van der Waals surface area (Å²) in [6.07, 6.45) is 0.977. The second-order valence-electron chi connectivity index (χ2n) is 5.35. The Morgan fingerprint density at radius 1 is 1.11 bits per heavy atom. The van der Waals surface area contributed by atoms with Gasteiger partial charge in [-0.3, -0.25) is 4.79 Å². The Labute approximate surface area is 114 Å². The second-order valence-corrected chi connectivity index (χ2v) is 5.35. The van der Waals surface area contributed by atoms with Crippen molar-refractivity contribution in [2.45, 2.75) is 46.3 Å². The monoisotopic (exact) mass is 263 g/mol. The van der Waals surface area contributed by atoms with Crippen LogP contribution in [0.25, 0.3) is 0 Å². The number of benzene rings is 1. The van der Waals surface area contributed by atoms with Crippen LogP contribution in [0.5, 0.6) is 0 Å². The molecule has 0 aliphatic rings. The molecule has 0 bridgehead atoms. The third-order valence-electron chi connectivity index (χ3n) is 2.47. The number of carbonyl (C=O) groups excluding carboxylic acids is 2. The van der Waals surface area contributed by atoms with Gasteiger partial charge in [0.2, 0.25) is 0 Å². The fourth-order valence-electron chi connectivity index (χ4n) is 1.47. The number of esters is 1. The van der Waals surface area contributed by atoms with Gasteiger partial charge in [-0.15, -0.1) is 0 Å². The van der Waals surface area contributed by atoms with Crippen LogP contribution in [0.3, 0.4) is 0 Å². The number of hydrogen-bond acceptors (Lipinski definition) is 3. The van der Waals surface area contributed by atoms with E-state index in [4.69, 9.17) is 4.74 Å². The molecule has 1 aromatic rings. The van der Waals surface area contributed by atoms with E-state index in [1.165, 1.54) is 5.56 Å². The number of amides is 1. The summed E-state index contributed by atoms with van der Waals surface area (Å²) >= 11 is 0. The van der Waals surface area contributed by atoms with Gasteiger partial charge in [0.05, 0.1) is 0 Å². The Bertz CT molecular complexity index is 443. The lowest BCUT2D eigenvalue weighted by atomic mass is 10.1. The van der Waals surface area contributed by atoms with Crippen LogP contribution in [0.2, 0.25) is 0 Å². The zero-order chi connectivity index (χ0) is 14.5. The van der Waals surface area contributed by atoms with E-state index in [1.54, 1.807) is 20.8 Å². The van der Waals surface area contributed by atoms with Crippen molar-refractivity contribution >= 4 is 11.9 Å². The van der Waals surface area contributed by atoms with Gasteiger partial charge in [-0.05, 0) is 38.3 Å². The van der Waals surface area contributed by atoms with Crippen LogP contribution in [0, 0.1) is 0 Å². The van der Waals surface area contributed by atoms with E-state index < -0.39 is 17.5 Å². The van der Waals surface area contributed by atoms with Crippen molar-refractivity contribution in [3.63, 3.8) is 0 Å². The van der Waals surface area contributed by atoms with Crippen LogP contribution in [-0.2, 0) is 27.3 Å². The zero-order valence-electron chi connectivity index (χ0n) is 11.9. The van der Waals surface area contributed by atoms with E-state index in [9.17, 15) is 9.59 Å². The van der Waals surface area contributed by atoms with E-state index in [1.807, 2.05) is 24.3 Å². The van der Waals surface area contributed by atoms with Crippen LogP contribution in [0.1, 0.15) is 38.8 Å². The smallest absolute Gasteiger partial charge is 0.397 e. The van der Waals surface area contributed by atoms with Gasteiger partial charge in [0.1, 0.15) is 5.60 Å². The third kappa shape index (κ3) is 5.55. The predicted molar refractivity (Wildman–Crippen MR) is 73.5 cm³/mol. The summed E-state index contributed by atoms with van der Waals surface area (Å²) < 4.78 is 4.97. The number of carbonyl (C=O) groups is 2. The number of aryl methyl sites for hydroxylation is 1. The molecule has 0 aromatic heterocycles. The van der Waals surface area contributed by atoms with Gasteiger partial charge in [0.25, 0.3) is 0 Å². The van der Waals surface area contributed by atoms with Gasteiger partial charge in [-0.2, -0.15) is 0 Å². The molecule has 4 nitrogen and oxygen atoms in total. The number of ether oxygens (including phenoxy) is 1. The molecule has 0 unspecified atom stereocenters. The van der Waals surface area contributed by atoms with Gasteiger partial charge >= 0.3 is 11.9 Å². The molecule has 0 aliphatic carbocycles. The second kappa shape index (κ2) is 6.36. The molecule has 0 atom stereocenters. The Kier molecular flexibility index (Phi) is 5.10. The predicted octanol–water partition coefficient (Wildman–Crippen LogP) is 2.21. The molecule has 1 amide bonds. The lowest BCUT2D eigenvalue weighted by Crippen LogP contribution is -2.36. The summed E-state index contributed by atoms with van der Waals surface area (Å²) in [6.45, 7) is 7.58. The molecular formula is C15H21NO3. The lowest BCUT2D eigenvalue weighted by Gasteiger charge is -2.18. The highest BCUT2D eigenvalue weighted by Crippen LogP contribution is 2.07. The number of hydrogen-bond donors (Lipinski definition) is 1. The van der Waals surface area contributed by atoms with Crippen molar-refractivity contribution < 1.29 is 14.3 Å². The normalized spacial score (nSPS) is 10.9. The third-order valence-corrected chi connectivity index (χ3v) is 2.47. The van der Waals surface area contributed by atoms with Crippen LogP contribution in [0.4, 0.5) is 0 Å². The summed E-state index contributed by atoms with van der Waals surface area (Å²) in [5.74, 6) is -1.56. The average molecular weight is 263 g/mol. The first-order valence-electron chi connectivity index (χ1n) is 6.41. The minimum Gasteiger partial charge on any atom is -0.453 e. The zero-order valence-corrected chi connectivity index (χ0v) is 11.9. The molecule has 0 saturated heterocycles. The van der Waals surface area contributed by atoms with Crippen molar-refractivity contribution in [3.05, 3.63) is 35.4 Å². The first-order valence-corrected chi connectivity index (χ1v) is 6.41. The van der Waals surface area contributed by atoms with Crippen molar-refractivity contribution in [3.8, 4) is 0 Å². The quantitative estimate of drug-likeness (QED) is 0.672. The highest BCUT2D eigenvalue weighted by Gasteiger charge is 2.22. The summed E-state index contributed by atoms with van der Waals surface area (Å²) in [7, 11) is 0. The van der Waals surface area contributed by atoms with Gasteiger partial charge in [0, 0.05) is 6.54 Å². The summed E-state index contributed by atoms with van der Waals surface area (Å²) in [6, 6.07) is 7.90. The standard InChI is InChI=1S/C15H21NO3/c1-5-11-6-8-12(9-7-11)10-16-13(17)14(18)19-15(2,3)4/h6-9H,5,10H2,1-4H3,(H,16,17). The molecule has 104 valence electrons. The molecule has 0 radical (unpaired) electrons. The molecule has 1 rings (SSSR count). The molecule has 0 heterocycles. The van der Waals surface area contributed by atoms with Crippen molar-refractivity contribution in [1.82, 2.24) is 5.32 Å². The Balaban J connectivity index is 2.47.